The fourth-order valence-corrected chi connectivity index (χ4v) is 4.48. The Morgan fingerprint density at radius 1 is 1.00 bits per heavy atom. The molecule has 160 valence electrons. The summed E-state index contributed by atoms with van der Waals surface area (Å²) in [5.74, 6) is 0.717. The van der Waals surface area contributed by atoms with Crippen molar-refractivity contribution in [1.29, 1.82) is 0 Å². The number of carbonyl (C=O) groups is 1. The molecule has 0 spiro atoms. The second-order valence-electron chi connectivity index (χ2n) is 8.39. The highest BCUT2D eigenvalue weighted by Crippen LogP contribution is 2.33. The minimum absolute atomic E-state index is 0.288. The topological polar surface area (TPSA) is 59.4 Å². The van der Waals surface area contributed by atoms with Gasteiger partial charge in [-0.1, -0.05) is 44.2 Å². The number of aryl methyl sites for hydroxylation is 1. The number of methoxy groups -OCH3 is 1. The zero-order valence-corrected chi connectivity index (χ0v) is 18.0. The molecule has 0 aliphatic heterocycles. The number of rotatable bonds is 7. The Bertz CT molecular complexity index is 1020. The maximum absolute atomic E-state index is 11.3. The molecule has 0 radical (unpaired) electrons. The highest BCUT2D eigenvalue weighted by atomic mass is 16.5. The third-order valence-electron chi connectivity index (χ3n) is 6.32. The highest BCUT2D eigenvalue weighted by molar-refractivity contribution is 5.89. The van der Waals surface area contributed by atoms with Gasteiger partial charge in [-0.15, -0.1) is 0 Å². The van der Waals surface area contributed by atoms with Crippen LogP contribution < -0.4 is 4.74 Å². The molecule has 31 heavy (non-hydrogen) atoms. The Labute approximate surface area is 183 Å². The second kappa shape index (κ2) is 9.78. The van der Waals surface area contributed by atoms with E-state index in [9.17, 15) is 9.90 Å². The summed E-state index contributed by atoms with van der Waals surface area (Å²) in [5.41, 5.74) is 5.44. The van der Waals surface area contributed by atoms with E-state index in [1.54, 1.807) is 19.2 Å². The molecular formula is C27H29NO3. The van der Waals surface area contributed by atoms with Crippen molar-refractivity contribution < 1.29 is 14.6 Å². The molecule has 4 rings (SSSR count). The maximum atomic E-state index is 11.3. The van der Waals surface area contributed by atoms with E-state index in [0.29, 0.717) is 0 Å². The van der Waals surface area contributed by atoms with Gasteiger partial charge in [0.25, 0.3) is 0 Å². The van der Waals surface area contributed by atoms with E-state index in [4.69, 9.17) is 9.72 Å². The summed E-state index contributed by atoms with van der Waals surface area (Å²) in [6, 6.07) is 17.2. The molecule has 0 atom stereocenters. The van der Waals surface area contributed by atoms with Crippen LogP contribution >= 0.6 is 0 Å². The number of aromatic nitrogens is 1. The highest BCUT2D eigenvalue weighted by Gasteiger charge is 2.15. The van der Waals surface area contributed by atoms with E-state index in [1.165, 1.54) is 44.1 Å². The standard InChI is InChI=1S/C27H29NO3/c1-31-24-15-13-22(14-16-24)26-25(21-9-11-23(12-10-21)27(29)30)17-20(18-28-26)8-7-19-5-3-2-4-6-19/h9-19H,2-8H2,1H3,(H,29,30). The number of nitrogens with zero attached hydrogens (tertiary/aromatic N) is 1. The second-order valence-corrected chi connectivity index (χ2v) is 8.39. The van der Waals surface area contributed by atoms with E-state index in [0.717, 1.165) is 40.5 Å². The normalized spacial score (nSPS) is 14.4. The summed E-state index contributed by atoms with van der Waals surface area (Å²) in [7, 11) is 1.66. The predicted molar refractivity (Wildman–Crippen MR) is 124 cm³/mol. The van der Waals surface area contributed by atoms with E-state index in [1.807, 2.05) is 42.6 Å². The zero-order chi connectivity index (χ0) is 21.6. The minimum atomic E-state index is -0.915. The monoisotopic (exact) mass is 415 g/mol. The Hall–Kier alpha value is -3.14. The van der Waals surface area contributed by atoms with Gasteiger partial charge in [-0.25, -0.2) is 4.79 Å². The summed E-state index contributed by atoms with van der Waals surface area (Å²) >= 11 is 0. The van der Waals surface area contributed by atoms with Gasteiger partial charge < -0.3 is 9.84 Å². The number of benzene rings is 2. The molecule has 0 amide bonds. The number of carboxylic acid groups (broad SMARTS) is 1. The molecule has 2 aromatic carbocycles. The van der Waals surface area contributed by atoms with Crippen molar-refractivity contribution in [3.05, 3.63) is 71.9 Å². The van der Waals surface area contributed by atoms with Crippen LogP contribution in [0.25, 0.3) is 22.4 Å². The number of ether oxygens (including phenoxy) is 1. The predicted octanol–water partition coefficient (Wildman–Crippen LogP) is 6.64. The first-order chi connectivity index (χ1) is 15.1. The maximum Gasteiger partial charge on any atom is 0.335 e. The summed E-state index contributed by atoms with van der Waals surface area (Å²) in [6.45, 7) is 0. The number of hydrogen-bond donors (Lipinski definition) is 1. The molecule has 0 saturated heterocycles. The first-order valence-corrected chi connectivity index (χ1v) is 11.1. The van der Waals surface area contributed by atoms with Crippen LogP contribution in [0.5, 0.6) is 5.75 Å². The molecule has 1 saturated carbocycles. The van der Waals surface area contributed by atoms with E-state index >= 15 is 0 Å². The van der Waals surface area contributed by atoms with Crippen LogP contribution in [0.2, 0.25) is 0 Å². The third-order valence-corrected chi connectivity index (χ3v) is 6.32. The number of pyridine rings is 1. The van der Waals surface area contributed by atoms with E-state index in [2.05, 4.69) is 6.07 Å². The van der Waals surface area contributed by atoms with Crippen LogP contribution in [-0.4, -0.2) is 23.2 Å². The smallest absolute Gasteiger partial charge is 0.335 e. The minimum Gasteiger partial charge on any atom is -0.497 e. The lowest BCUT2D eigenvalue weighted by Gasteiger charge is -2.21. The molecule has 4 heteroatoms. The van der Waals surface area contributed by atoms with Crippen molar-refractivity contribution >= 4 is 5.97 Å². The Morgan fingerprint density at radius 3 is 2.32 bits per heavy atom. The van der Waals surface area contributed by atoms with Crippen LogP contribution in [0.4, 0.5) is 0 Å². The fourth-order valence-electron chi connectivity index (χ4n) is 4.48. The average molecular weight is 416 g/mol. The Kier molecular flexibility index (Phi) is 6.66. The van der Waals surface area contributed by atoms with E-state index in [-0.39, 0.29) is 5.56 Å². The first-order valence-electron chi connectivity index (χ1n) is 11.1. The molecular weight excluding hydrogens is 386 g/mol. The van der Waals surface area contributed by atoms with Gasteiger partial charge in [-0.2, -0.15) is 0 Å². The fraction of sp³-hybridized carbons (Fsp3) is 0.333. The van der Waals surface area contributed by atoms with Crippen molar-refractivity contribution in [2.24, 2.45) is 5.92 Å². The van der Waals surface area contributed by atoms with Crippen molar-refractivity contribution in [2.45, 2.75) is 44.9 Å². The lowest BCUT2D eigenvalue weighted by Crippen LogP contribution is -2.07. The number of carboxylic acids is 1. The molecule has 1 aromatic heterocycles. The van der Waals surface area contributed by atoms with Crippen molar-refractivity contribution in [2.75, 3.05) is 7.11 Å². The number of aromatic carboxylic acids is 1. The van der Waals surface area contributed by atoms with Crippen LogP contribution in [0.1, 0.15) is 54.4 Å². The molecule has 0 unspecified atom stereocenters. The quantitative estimate of drug-likeness (QED) is 0.470. The van der Waals surface area contributed by atoms with Crippen LogP contribution in [0.15, 0.2) is 60.8 Å². The van der Waals surface area contributed by atoms with Crippen LogP contribution in [0.3, 0.4) is 0 Å². The summed E-state index contributed by atoms with van der Waals surface area (Å²) in [6.07, 6.45) is 11.0. The molecule has 1 N–H and O–H groups in total. The molecule has 0 bridgehead atoms. The molecule has 1 heterocycles. The first kappa shape index (κ1) is 21.1. The van der Waals surface area contributed by atoms with Gasteiger partial charge in [0.1, 0.15) is 5.75 Å². The van der Waals surface area contributed by atoms with Crippen molar-refractivity contribution in [3.63, 3.8) is 0 Å². The van der Waals surface area contributed by atoms with Gasteiger partial charge in [0, 0.05) is 17.3 Å². The summed E-state index contributed by atoms with van der Waals surface area (Å²) < 4.78 is 5.29. The van der Waals surface area contributed by atoms with Gasteiger partial charge >= 0.3 is 5.97 Å². The van der Waals surface area contributed by atoms with Gasteiger partial charge in [0.2, 0.25) is 0 Å². The molecule has 1 aliphatic carbocycles. The molecule has 1 fully saturated rings. The van der Waals surface area contributed by atoms with Crippen LogP contribution in [-0.2, 0) is 6.42 Å². The molecule has 3 aromatic rings. The van der Waals surface area contributed by atoms with Crippen molar-refractivity contribution in [1.82, 2.24) is 4.98 Å². The third kappa shape index (κ3) is 5.13. The Morgan fingerprint density at radius 2 is 1.68 bits per heavy atom. The summed E-state index contributed by atoms with van der Waals surface area (Å²) in [5, 5.41) is 9.24. The van der Waals surface area contributed by atoms with E-state index < -0.39 is 5.97 Å². The largest absolute Gasteiger partial charge is 0.497 e. The zero-order valence-electron chi connectivity index (χ0n) is 18.0. The SMILES string of the molecule is COc1ccc(-c2ncc(CCC3CCCCC3)cc2-c2ccc(C(=O)O)cc2)cc1. The van der Waals surface area contributed by atoms with Crippen LogP contribution in [0, 0.1) is 5.92 Å². The van der Waals surface area contributed by atoms with Crippen molar-refractivity contribution in [3.8, 4) is 28.1 Å². The Balaban J connectivity index is 1.66. The van der Waals surface area contributed by atoms with Gasteiger partial charge in [0.05, 0.1) is 18.4 Å². The van der Waals surface area contributed by atoms with Gasteiger partial charge in [-0.05, 0) is 72.4 Å². The number of hydrogen-bond acceptors (Lipinski definition) is 3. The molecule has 4 nitrogen and oxygen atoms in total. The lowest BCUT2D eigenvalue weighted by atomic mass is 9.85. The summed E-state index contributed by atoms with van der Waals surface area (Å²) in [4.78, 5) is 16.1. The van der Waals surface area contributed by atoms with Gasteiger partial charge in [0.15, 0.2) is 0 Å². The van der Waals surface area contributed by atoms with Gasteiger partial charge in [-0.3, -0.25) is 4.98 Å². The molecule has 1 aliphatic rings. The average Bonchev–Trinajstić information content (AvgIpc) is 2.83. The lowest BCUT2D eigenvalue weighted by molar-refractivity contribution is 0.0697.